The minimum atomic E-state index is -3.50. The van der Waals surface area contributed by atoms with Crippen LogP contribution in [0.3, 0.4) is 0 Å². The van der Waals surface area contributed by atoms with Gasteiger partial charge in [-0.1, -0.05) is 19.1 Å². The van der Waals surface area contributed by atoms with E-state index in [2.05, 4.69) is 11.6 Å². The first-order chi connectivity index (χ1) is 9.95. The fraction of sp³-hybridized carbons (Fsp3) is 0.533. The molecule has 1 aromatic carbocycles. The highest BCUT2D eigenvalue weighted by Gasteiger charge is 2.29. The maximum atomic E-state index is 12.3. The molecule has 0 aliphatic carbocycles. The lowest BCUT2D eigenvalue weighted by atomic mass is 9.83. The van der Waals surface area contributed by atoms with E-state index in [4.69, 9.17) is 10.00 Å². The molecule has 114 valence electrons. The summed E-state index contributed by atoms with van der Waals surface area (Å²) in [6, 6.07) is 8.47. The summed E-state index contributed by atoms with van der Waals surface area (Å²) in [5.74, 6) is 0. The van der Waals surface area contributed by atoms with E-state index >= 15 is 0 Å². The lowest BCUT2D eigenvalue weighted by Crippen LogP contribution is -2.39. The third-order valence-electron chi connectivity index (χ3n) is 3.91. The number of nitrogens with one attached hydrogen (secondary N) is 1. The van der Waals surface area contributed by atoms with Gasteiger partial charge in [0.1, 0.15) is 0 Å². The average molecular weight is 308 g/mol. The van der Waals surface area contributed by atoms with Gasteiger partial charge in [-0.15, -0.1) is 0 Å². The fourth-order valence-electron chi connectivity index (χ4n) is 2.27. The quantitative estimate of drug-likeness (QED) is 0.900. The van der Waals surface area contributed by atoms with Crippen molar-refractivity contribution in [2.75, 3.05) is 19.8 Å². The monoisotopic (exact) mass is 308 g/mol. The van der Waals surface area contributed by atoms with E-state index in [1.54, 1.807) is 24.3 Å². The topological polar surface area (TPSA) is 79.2 Å². The first kappa shape index (κ1) is 16.0. The summed E-state index contributed by atoms with van der Waals surface area (Å²) in [4.78, 5) is 0.236. The van der Waals surface area contributed by atoms with Crippen molar-refractivity contribution < 1.29 is 13.2 Å². The lowest BCUT2D eigenvalue weighted by molar-refractivity contribution is 0.0265. The van der Waals surface area contributed by atoms with E-state index in [0.29, 0.717) is 19.8 Å². The molecule has 6 heteroatoms. The molecule has 0 amide bonds. The molecule has 0 bridgehead atoms. The van der Waals surface area contributed by atoms with Crippen LogP contribution in [0.25, 0.3) is 0 Å². The Kier molecular flexibility index (Phi) is 4.99. The maximum Gasteiger partial charge on any atom is 0.240 e. The van der Waals surface area contributed by atoms with Gasteiger partial charge < -0.3 is 4.74 Å². The summed E-state index contributed by atoms with van der Waals surface area (Å²) in [5.41, 5.74) is 0.763. The van der Waals surface area contributed by atoms with Gasteiger partial charge in [0.2, 0.25) is 10.0 Å². The summed E-state index contributed by atoms with van der Waals surface area (Å²) in [7, 11) is -3.50. The van der Waals surface area contributed by atoms with Crippen LogP contribution in [-0.2, 0) is 21.2 Å². The highest BCUT2D eigenvalue weighted by molar-refractivity contribution is 7.89. The average Bonchev–Trinajstić information content (AvgIpc) is 2.47. The van der Waals surface area contributed by atoms with E-state index in [1.807, 2.05) is 6.07 Å². The summed E-state index contributed by atoms with van der Waals surface area (Å²) >= 11 is 0. The molecule has 0 atom stereocenters. The van der Waals surface area contributed by atoms with Crippen LogP contribution < -0.4 is 4.72 Å². The largest absolute Gasteiger partial charge is 0.381 e. The Hall–Kier alpha value is -1.42. The smallest absolute Gasteiger partial charge is 0.240 e. The summed E-state index contributed by atoms with van der Waals surface area (Å²) < 4.78 is 32.6. The SMILES string of the molecule is CC1(CNS(=O)(=O)c2ccc(CC#N)cc2)CCOCC1. The Balaban J connectivity index is 2.02. The first-order valence-corrected chi connectivity index (χ1v) is 8.47. The minimum absolute atomic E-state index is 0.0495. The van der Waals surface area contributed by atoms with E-state index < -0.39 is 10.0 Å². The van der Waals surface area contributed by atoms with Crippen LogP contribution in [0.4, 0.5) is 0 Å². The van der Waals surface area contributed by atoms with Gasteiger partial charge in [-0.3, -0.25) is 0 Å². The second-order valence-corrected chi connectivity index (χ2v) is 7.49. The van der Waals surface area contributed by atoms with Crippen molar-refractivity contribution in [3.05, 3.63) is 29.8 Å². The molecule has 1 fully saturated rings. The van der Waals surface area contributed by atoms with Gasteiger partial charge in [0.15, 0.2) is 0 Å². The number of benzene rings is 1. The van der Waals surface area contributed by atoms with Gasteiger partial charge in [0.05, 0.1) is 17.4 Å². The number of ether oxygens (including phenoxy) is 1. The van der Waals surface area contributed by atoms with Crippen molar-refractivity contribution in [2.45, 2.75) is 31.1 Å². The standard InChI is InChI=1S/C15H20N2O3S/c1-15(7-10-20-11-8-15)12-17-21(18,19)14-4-2-13(3-5-14)6-9-16/h2-5,17H,6-8,10-12H2,1H3. The molecule has 21 heavy (non-hydrogen) atoms. The molecular weight excluding hydrogens is 288 g/mol. The zero-order chi connectivity index (χ0) is 15.3. The highest BCUT2D eigenvalue weighted by atomic mass is 32.2. The summed E-state index contributed by atoms with van der Waals surface area (Å²) in [6.45, 7) is 3.86. The van der Waals surface area contributed by atoms with Crippen LogP contribution in [0.2, 0.25) is 0 Å². The Morgan fingerprint density at radius 3 is 2.48 bits per heavy atom. The van der Waals surface area contributed by atoms with E-state index in [9.17, 15) is 8.42 Å². The molecule has 1 aliphatic heterocycles. The molecule has 1 heterocycles. The second-order valence-electron chi connectivity index (χ2n) is 5.73. The number of hydrogen-bond acceptors (Lipinski definition) is 4. The fourth-order valence-corrected chi connectivity index (χ4v) is 3.47. The predicted octanol–water partition coefficient (Wildman–Crippen LogP) is 1.85. The number of rotatable bonds is 5. The minimum Gasteiger partial charge on any atom is -0.381 e. The Morgan fingerprint density at radius 1 is 1.29 bits per heavy atom. The normalized spacial score (nSPS) is 18.1. The number of nitriles is 1. The molecule has 1 saturated heterocycles. The number of sulfonamides is 1. The predicted molar refractivity (Wildman–Crippen MR) is 79.1 cm³/mol. The van der Waals surface area contributed by atoms with E-state index in [-0.39, 0.29) is 16.7 Å². The number of nitrogens with zero attached hydrogens (tertiary/aromatic N) is 1. The van der Waals surface area contributed by atoms with Crippen LogP contribution in [-0.4, -0.2) is 28.2 Å². The van der Waals surface area contributed by atoms with Gasteiger partial charge in [-0.2, -0.15) is 5.26 Å². The molecular formula is C15H20N2O3S. The zero-order valence-electron chi connectivity index (χ0n) is 12.1. The summed E-state index contributed by atoms with van der Waals surface area (Å²) in [5, 5.41) is 8.61. The third-order valence-corrected chi connectivity index (χ3v) is 5.32. The van der Waals surface area contributed by atoms with Crippen LogP contribution >= 0.6 is 0 Å². The maximum absolute atomic E-state index is 12.3. The molecule has 1 aromatic rings. The Labute approximate surface area is 126 Å². The van der Waals surface area contributed by atoms with Crippen molar-refractivity contribution in [2.24, 2.45) is 5.41 Å². The number of hydrogen-bond donors (Lipinski definition) is 1. The molecule has 1 N–H and O–H groups in total. The molecule has 5 nitrogen and oxygen atoms in total. The molecule has 0 spiro atoms. The molecule has 0 radical (unpaired) electrons. The third kappa shape index (κ3) is 4.27. The van der Waals surface area contributed by atoms with Crippen LogP contribution in [0.5, 0.6) is 0 Å². The van der Waals surface area contributed by atoms with E-state index in [1.165, 1.54) is 0 Å². The molecule has 1 aliphatic rings. The van der Waals surface area contributed by atoms with Crippen molar-refractivity contribution in [1.29, 1.82) is 5.26 Å². The molecule has 0 saturated carbocycles. The molecule has 2 rings (SSSR count). The second kappa shape index (κ2) is 6.56. The first-order valence-electron chi connectivity index (χ1n) is 6.99. The van der Waals surface area contributed by atoms with Gasteiger partial charge >= 0.3 is 0 Å². The van der Waals surface area contributed by atoms with Crippen molar-refractivity contribution in [1.82, 2.24) is 4.72 Å². The van der Waals surface area contributed by atoms with Crippen molar-refractivity contribution in [3.8, 4) is 6.07 Å². The van der Waals surface area contributed by atoms with Crippen molar-refractivity contribution in [3.63, 3.8) is 0 Å². The van der Waals surface area contributed by atoms with Gasteiger partial charge in [-0.05, 0) is 36.0 Å². The molecule has 0 aromatic heterocycles. The highest BCUT2D eigenvalue weighted by Crippen LogP contribution is 2.29. The van der Waals surface area contributed by atoms with Crippen LogP contribution in [0.15, 0.2) is 29.2 Å². The van der Waals surface area contributed by atoms with Crippen molar-refractivity contribution >= 4 is 10.0 Å². The Bertz CT molecular complexity index is 611. The Morgan fingerprint density at radius 2 is 1.90 bits per heavy atom. The van der Waals surface area contributed by atoms with Gasteiger partial charge in [-0.25, -0.2) is 13.1 Å². The van der Waals surface area contributed by atoms with E-state index in [0.717, 1.165) is 18.4 Å². The summed E-state index contributed by atoms with van der Waals surface area (Å²) in [6.07, 6.45) is 2.00. The zero-order valence-corrected chi connectivity index (χ0v) is 12.9. The molecule has 0 unspecified atom stereocenters. The van der Waals surface area contributed by atoms with Crippen LogP contribution in [0.1, 0.15) is 25.3 Å². The van der Waals surface area contributed by atoms with Gasteiger partial charge in [0, 0.05) is 19.8 Å². The van der Waals surface area contributed by atoms with Crippen LogP contribution in [0, 0.1) is 16.7 Å². The van der Waals surface area contributed by atoms with Gasteiger partial charge in [0.25, 0.3) is 0 Å². The lowest BCUT2D eigenvalue weighted by Gasteiger charge is -2.33.